The number of nitrogens with one attached hydrogen (secondary N) is 2. The van der Waals surface area contributed by atoms with E-state index < -0.39 is 23.3 Å². The molecule has 0 aliphatic heterocycles. The molecule has 2 N–H and O–H groups in total. The van der Waals surface area contributed by atoms with Gasteiger partial charge in [0.05, 0.1) is 6.54 Å². The normalized spacial score (nSPS) is 11.0. The Hall–Kier alpha value is -2.60. The zero-order valence-corrected chi connectivity index (χ0v) is 16.0. The lowest BCUT2D eigenvalue weighted by Gasteiger charge is -2.18. The Balaban J connectivity index is 1.70. The van der Waals surface area contributed by atoms with Gasteiger partial charge in [-0.3, -0.25) is 5.32 Å². The number of hydrogen-bond donors (Lipinski definition) is 2. The number of carbonyl (C=O) groups excluding carboxylic acids is 2. The van der Waals surface area contributed by atoms with Crippen LogP contribution in [-0.4, -0.2) is 47.4 Å². The van der Waals surface area contributed by atoms with Crippen molar-refractivity contribution in [1.82, 2.24) is 20.4 Å². The minimum atomic E-state index is -4.64. The number of alkyl halides is 3. The maximum Gasteiger partial charge on any atom is 0.445 e. The molecule has 0 unspecified atom stereocenters. The highest BCUT2D eigenvalue weighted by Gasteiger charge is 2.35. The number of carbonyl (C=O) groups is 2. The first-order valence-electron chi connectivity index (χ1n) is 7.73. The van der Waals surface area contributed by atoms with Crippen LogP contribution >= 0.6 is 22.9 Å². The van der Waals surface area contributed by atoms with Crippen LogP contribution in [0, 0.1) is 0 Å². The standard InChI is InChI=1S/C15H15ClF3N5O3S/c1-24(13(25)20-8-9-4-2-3-5-10(9)16)6-7-27-14(26)21-12-23-22-11(28-12)15(17,18)19/h2-5H,6-8H2,1H3,(H,20,25)(H,21,23,26). The van der Waals surface area contributed by atoms with Crippen LogP contribution in [0.5, 0.6) is 0 Å². The molecule has 0 saturated heterocycles. The van der Waals surface area contributed by atoms with E-state index in [9.17, 15) is 22.8 Å². The third-order valence-electron chi connectivity index (χ3n) is 3.27. The molecular formula is C15H15ClF3N5O3S. The molecule has 3 amide bonds. The van der Waals surface area contributed by atoms with Crippen LogP contribution in [0.3, 0.4) is 0 Å². The zero-order valence-electron chi connectivity index (χ0n) is 14.4. The van der Waals surface area contributed by atoms with E-state index >= 15 is 0 Å². The highest BCUT2D eigenvalue weighted by atomic mass is 35.5. The van der Waals surface area contributed by atoms with Gasteiger partial charge in [-0.1, -0.05) is 41.1 Å². The molecular weight excluding hydrogens is 423 g/mol. The lowest BCUT2D eigenvalue weighted by molar-refractivity contribution is -0.138. The maximum absolute atomic E-state index is 12.4. The zero-order chi connectivity index (χ0) is 20.7. The SMILES string of the molecule is CN(CCOC(=O)Nc1nnc(C(F)(F)F)s1)C(=O)NCc1ccccc1Cl. The first-order valence-corrected chi connectivity index (χ1v) is 8.93. The monoisotopic (exact) mass is 437 g/mol. The van der Waals surface area contributed by atoms with Gasteiger partial charge in [0.15, 0.2) is 0 Å². The molecule has 8 nitrogen and oxygen atoms in total. The van der Waals surface area contributed by atoms with Gasteiger partial charge in [-0.2, -0.15) is 13.2 Å². The van der Waals surface area contributed by atoms with Crippen molar-refractivity contribution < 1.29 is 27.5 Å². The molecule has 0 aliphatic rings. The van der Waals surface area contributed by atoms with Gasteiger partial charge in [0.25, 0.3) is 0 Å². The molecule has 1 heterocycles. The molecule has 0 radical (unpaired) electrons. The van der Waals surface area contributed by atoms with E-state index in [0.29, 0.717) is 5.02 Å². The lowest BCUT2D eigenvalue weighted by atomic mass is 10.2. The summed E-state index contributed by atoms with van der Waals surface area (Å²) in [5, 5.41) is 9.83. The summed E-state index contributed by atoms with van der Waals surface area (Å²) in [6.07, 6.45) is -5.64. The smallest absolute Gasteiger partial charge is 0.445 e. The van der Waals surface area contributed by atoms with Crippen LogP contribution in [0.4, 0.5) is 27.9 Å². The van der Waals surface area contributed by atoms with E-state index in [-0.39, 0.29) is 36.2 Å². The average molecular weight is 438 g/mol. The molecule has 1 aromatic carbocycles. The summed E-state index contributed by atoms with van der Waals surface area (Å²) < 4.78 is 42.0. The second-order valence-electron chi connectivity index (χ2n) is 5.34. The van der Waals surface area contributed by atoms with Gasteiger partial charge in [-0.25, -0.2) is 9.59 Å². The Kier molecular flexibility index (Phi) is 7.40. The lowest BCUT2D eigenvalue weighted by Crippen LogP contribution is -2.39. The number of hydrogen-bond acceptors (Lipinski definition) is 6. The second kappa shape index (κ2) is 9.55. The molecule has 13 heteroatoms. The van der Waals surface area contributed by atoms with Crippen LogP contribution in [-0.2, 0) is 17.5 Å². The third-order valence-corrected chi connectivity index (χ3v) is 4.52. The summed E-state index contributed by atoms with van der Waals surface area (Å²) >= 11 is 6.17. The minimum absolute atomic E-state index is 0.0612. The van der Waals surface area contributed by atoms with Crippen LogP contribution in [0.2, 0.25) is 5.02 Å². The maximum atomic E-state index is 12.4. The van der Waals surface area contributed by atoms with E-state index in [1.807, 2.05) is 5.32 Å². The number of nitrogens with zero attached hydrogens (tertiary/aromatic N) is 3. The number of ether oxygens (including phenoxy) is 1. The van der Waals surface area contributed by atoms with E-state index in [0.717, 1.165) is 5.56 Å². The quantitative estimate of drug-likeness (QED) is 0.719. The average Bonchev–Trinajstić information content (AvgIpc) is 3.09. The molecule has 0 atom stereocenters. The van der Waals surface area contributed by atoms with Crippen LogP contribution < -0.4 is 10.6 Å². The van der Waals surface area contributed by atoms with E-state index in [1.54, 1.807) is 24.3 Å². The first kappa shape index (κ1) is 21.7. The molecule has 152 valence electrons. The second-order valence-corrected chi connectivity index (χ2v) is 6.73. The summed E-state index contributed by atoms with van der Waals surface area (Å²) in [5.41, 5.74) is 0.747. The predicted molar refractivity (Wildman–Crippen MR) is 96.2 cm³/mol. The van der Waals surface area contributed by atoms with Gasteiger partial charge >= 0.3 is 18.3 Å². The number of rotatable bonds is 6. The number of amides is 3. The minimum Gasteiger partial charge on any atom is -0.447 e. The van der Waals surface area contributed by atoms with Crippen molar-refractivity contribution >= 4 is 40.2 Å². The molecule has 0 spiro atoms. The fourth-order valence-electron chi connectivity index (χ4n) is 1.84. The van der Waals surface area contributed by atoms with Crippen molar-refractivity contribution in [2.45, 2.75) is 12.7 Å². The van der Waals surface area contributed by atoms with Gasteiger partial charge < -0.3 is 15.0 Å². The van der Waals surface area contributed by atoms with Gasteiger partial charge in [-0.05, 0) is 11.6 Å². The molecule has 0 fully saturated rings. The highest BCUT2D eigenvalue weighted by Crippen LogP contribution is 2.32. The van der Waals surface area contributed by atoms with Crippen molar-refractivity contribution in [3.8, 4) is 0 Å². The summed E-state index contributed by atoms with van der Waals surface area (Å²) in [6.45, 7) is 0.112. The van der Waals surface area contributed by atoms with Crippen molar-refractivity contribution in [3.63, 3.8) is 0 Å². The van der Waals surface area contributed by atoms with Crippen molar-refractivity contribution in [1.29, 1.82) is 0 Å². The number of likely N-dealkylation sites (N-methyl/N-ethyl adjacent to an activating group) is 1. The predicted octanol–water partition coefficient (Wildman–Crippen LogP) is 3.60. The van der Waals surface area contributed by atoms with E-state index in [1.165, 1.54) is 11.9 Å². The Morgan fingerprint density at radius 3 is 2.64 bits per heavy atom. The highest BCUT2D eigenvalue weighted by molar-refractivity contribution is 7.15. The third kappa shape index (κ3) is 6.53. The van der Waals surface area contributed by atoms with Gasteiger partial charge in [0.2, 0.25) is 10.1 Å². The molecule has 0 aliphatic carbocycles. The van der Waals surface area contributed by atoms with Gasteiger partial charge in [-0.15, -0.1) is 10.2 Å². The molecule has 0 bridgehead atoms. The van der Waals surface area contributed by atoms with Crippen LogP contribution in [0.1, 0.15) is 10.6 Å². The summed E-state index contributed by atoms with van der Waals surface area (Å²) in [6, 6.07) is 6.62. The molecule has 2 rings (SSSR count). The van der Waals surface area contributed by atoms with E-state index in [4.69, 9.17) is 16.3 Å². The Labute approximate surface area is 166 Å². The Bertz CT molecular complexity index is 833. The number of benzene rings is 1. The number of aromatic nitrogens is 2. The molecule has 1 aromatic heterocycles. The van der Waals surface area contributed by atoms with Crippen molar-refractivity contribution in [2.75, 3.05) is 25.5 Å². The topological polar surface area (TPSA) is 96.4 Å². The number of urea groups is 1. The fourth-order valence-corrected chi connectivity index (χ4v) is 2.64. The van der Waals surface area contributed by atoms with Crippen LogP contribution in [0.25, 0.3) is 0 Å². The largest absolute Gasteiger partial charge is 0.447 e. The van der Waals surface area contributed by atoms with Gasteiger partial charge in [0.1, 0.15) is 6.61 Å². The first-order chi connectivity index (χ1) is 13.2. The Morgan fingerprint density at radius 1 is 1.29 bits per heavy atom. The number of anilines is 1. The van der Waals surface area contributed by atoms with E-state index in [2.05, 4.69) is 15.5 Å². The van der Waals surface area contributed by atoms with Crippen molar-refractivity contribution in [2.24, 2.45) is 0 Å². The number of halogens is 4. The summed E-state index contributed by atoms with van der Waals surface area (Å²) in [4.78, 5) is 24.8. The summed E-state index contributed by atoms with van der Waals surface area (Å²) in [5.74, 6) is 0. The van der Waals surface area contributed by atoms with Crippen molar-refractivity contribution in [3.05, 3.63) is 39.9 Å². The molecule has 0 saturated carbocycles. The van der Waals surface area contributed by atoms with Gasteiger partial charge in [0, 0.05) is 18.6 Å². The fraction of sp³-hybridized carbons (Fsp3) is 0.333. The molecule has 28 heavy (non-hydrogen) atoms. The molecule has 2 aromatic rings. The summed E-state index contributed by atoms with van der Waals surface area (Å²) in [7, 11) is 1.49. The Morgan fingerprint density at radius 2 is 2.00 bits per heavy atom. The van der Waals surface area contributed by atoms with Crippen LogP contribution in [0.15, 0.2) is 24.3 Å².